The number of benzene rings is 1. The van der Waals surface area contributed by atoms with Crippen LogP contribution in [0.15, 0.2) is 47.6 Å². The molecule has 1 aliphatic rings. The molecule has 29 heavy (non-hydrogen) atoms. The van der Waals surface area contributed by atoms with Crippen LogP contribution in [0, 0.1) is 5.82 Å². The van der Waals surface area contributed by atoms with E-state index in [2.05, 4.69) is 22.0 Å². The Labute approximate surface area is 174 Å². The molecule has 8 heteroatoms. The Kier molecular flexibility index (Phi) is 8.30. The molecule has 0 spiro atoms. The van der Waals surface area contributed by atoms with Gasteiger partial charge >= 0.3 is 0 Å². The molecular formula is C21H27FN4O2S. The molecule has 2 heterocycles. The van der Waals surface area contributed by atoms with Gasteiger partial charge in [-0.25, -0.2) is 14.4 Å². The highest BCUT2D eigenvalue weighted by molar-refractivity contribution is 7.16. The number of halogens is 1. The third-order valence-electron chi connectivity index (χ3n) is 4.45. The van der Waals surface area contributed by atoms with Gasteiger partial charge in [0.1, 0.15) is 11.2 Å². The van der Waals surface area contributed by atoms with Crippen molar-refractivity contribution in [2.24, 2.45) is 4.99 Å². The number of aromatic nitrogens is 1. The lowest BCUT2D eigenvalue weighted by Crippen LogP contribution is -2.38. The van der Waals surface area contributed by atoms with E-state index in [-0.39, 0.29) is 17.8 Å². The smallest absolute Gasteiger partial charge is 0.175 e. The highest BCUT2D eigenvalue weighted by atomic mass is 32.1. The summed E-state index contributed by atoms with van der Waals surface area (Å²) in [5, 5.41) is 1.97. The number of hydrogen-bond acceptors (Lipinski definition) is 7. The number of nitrogens with one attached hydrogen (secondary N) is 1. The van der Waals surface area contributed by atoms with Crippen molar-refractivity contribution in [2.45, 2.75) is 32.5 Å². The lowest BCUT2D eigenvalue weighted by Gasteiger charge is -2.25. The van der Waals surface area contributed by atoms with Gasteiger partial charge < -0.3 is 14.9 Å². The molecule has 1 aliphatic heterocycles. The summed E-state index contributed by atoms with van der Waals surface area (Å²) in [6.07, 6.45) is 8.51. The van der Waals surface area contributed by atoms with Crippen molar-refractivity contribution in [3.8, 4) is 0 Å². The molecule has 0 amide bonds. The zero-order chi connectivity index (χ0) is 20.5. The van der Waals surface area contributed by atoms with Gasteiger partial charge in [0.2, 0.25) is 0 Å². The van der Waals surface area contributed by atoms with Crippen molar-refractivity contribution in [1.29, 1.82) is 0 Å². The van der Waals surface area contributed by atoms with Gasteiger partial charge in [-0.3, -0.25) is 4.99 Å². The van der Waals surface area contributed by atoms with E-state index < -0.39 is 0 Å². The minimum atomic E-state index is -0.389. The van der Waals surface area contributed by atoms with Crippen LogP contribution in [-0.2, 0) is 9.47 Å². The van der Waals surface area contributed by atoms with Gasteiger partial charge in [0, 0.05) is 31.6 Å². The third-order valence-corrected chi connectivity index (χ3v) is 5.25. The maximum atomic E-state index is 14.5. The van der Waals surface area contributed by atoms with E-state index in [1.165, 1.54) is 11.3 Å². The number of hydrazine groups is 1. The predicted octanol–water partition coefficient (Wildman–Crippen LogP) is 4.58. The maximum Gasteiger partial charge on any atom is 0.175 e. The van der Waals surface area contributed by atoms with Crippen molar-refractivity contribution < 1.29 is 13.9 Å². The van der Waals surface area contributed by atoms with Crippen molar-refractivity contribution in [1.82, 2.24) is 15.4 Å². The van der Waals surface area contributed by atoms with Crippen LogP contribution < -0.4 is 5.43 Å². The quantitative estimate of drug-likeness (QED) is 0.348. The molecule has 1 N–H and O–H groups in total. The van der Waals surface area contributed by atoms with E-state index in [1.807, 2.05) is 24.1 Å². The van der Waals surface area contributed by atoms with Gasteiger partial charge in [-0.05, 0) is 44.4 Å². The number of hydrogen-bond donors (Lipinski definition) is 1. The molecule has 1 aromatic heterocycles. The van der Waals surface area contributed by atoms with Crippen LogP contribution in [0.25, 0.3) is 10.2 Å². The van der Waals surface area contributed by atoms with E-state index in [4.69, 9.17) is 9.47 Å². The average molecular weight is 419 g/mol. The summed E-state index contributed by atoms with van der Waals surface area (Å²) >= 11 is 1.41. The van der Waals surface area contributed by atoms with Crippen LogP contribution in [0.3, 0.4) is 0 Å². The van der Waals surface area contributed by atoms with Gasteiger partial charge in [-0.1, -0.05) is 6.08 Å². The number of nitrogens with zero attached hydrogens (tertiary/aromatic N) is 3. The summed E-state index contributed by atoms with van der Waals surface area (Å²) in [5.74, 6) is -0.389. The highest BCUT2D eigenvalue weighted by Gasteiger charge is 2.14. The second kappa shape index (κ2) is 11.2. The molecule has 2 aromatic rings. The van der Waals surface area contributed by atoms with Crippen LogP contribution in [0.2, 0.25) is 0 Å². The molecular weight excluding hydrogens is 391 g/mol. The first-order valence-corrected chi connectivity index (χ1v) is 10.6. The molecule has 0 radical (unpaired) electrons. The zero-order valence-corrected chi connectivity index (χ0v) is 17.5. The Morgan fingerprint density at radius 3 is 3.21 bits per heavy atom. The number of allylic oxidation sites excluding steroid dienone is 1. The summed E-state index contributed by atoms with van der Waals surface area (Å²) < 4.78 is 26.6. The summed E-state index contributed by atoms with van der Waals surface area (Å²) in [6, 6.07) is 3.52. The first-order valence-electron chi connectivity index (χ1n) is 9.76. The number of rotatable bonds is 10. The molecule has 1 saturated heterocycles. The first-order chi connectivity index (χ1) is 14.2. The lowest BCUT2D eigenvalue weighted by atomic mass is 10.2. The van der Waals surface area contributed by atoms with Gasteiger partial charge in [-0.2, -0.15) is 0 Å². The molecule has 0 aliphatic carbocycles. The van der Waals surface area contributed by atoms with E-state index in [9.17, 15) is 4.39 Å². The Balaban J connectivity index is 1.51. The van der Waals surface area contributed by atoms with Crippen molar-refractivity contribution >= 4 is 33.0 Å². The van der Waals surface area contributed by atoms with Gasteiger partial charge in [-0.15, -0.1) is 17.9 Å². The molecule has 156 valence electrons. The third kappa shape index (κ3) is 6.43. The number of aliphatic imine (C=N–C) groups is 1. The Morgan fingerprint density at radius 1 is 1.52 bits per heavy atom. The molecule has 0 bridgehead atoms. The standard InChI is InChI=1S/C21H27FN4O2S/c1-3-11-26(12-14-28-19-6-4-5-13-27-19)24-10-9-16(2)25-17-7-8-18-21(20(17)22)23-15-29-18/h3,7-10,15,19,24H,1,4-6,11-14H2,2H3. The SMILES string of the molecule is C=CCN(CCOC1CCCCO1)NC=CC(C)=Nc1ccc2scnc2c1F. The summed E-state index contributed by atoms with van der Waals surface area (Å²) in [4.78, 5) is 8.42. The van der Waals surface area contributed by atoms with Crippen molar-refractivity contribution in [2.75, 3.05) is 26.3 Å². The molecule has 0 saturated carbocycles. The zero-order valence-electron chi connectivity index (χ0n) is 16.6. The Hall–Kier alpha value is -2.13. The largest absolute Gasteiger partial charge is 0.353 e. The van der Waals surface area contributed by atoms with Crippen LogP contribution in [0.4, 0.5) is 10.1 Å². The van der Waals surface area contributed by atoms with Gasteiger partial charge in [0.15, 0.2) is 12.1 Å². The topological polar surface area (TPSA) is 59.0 Å². The van der Waals surface area contributed by atoms with Gasteiger partial charge in [0.05, 0.1) is 16.8 Å². The normalized spacial score (nSPS) is 18.0. The lowest BCUT2D eigenvalue weighted by molar-refractivity contribution is -0.164. The summed E-state index contributed by atoms with van der Waals surface area (Å²) in [5.41, 5.74) is 6.16. The molecule has 1 atom stereocenters. The second-order valence-electron chi connectivity index (χ2n) is 6.72. The monoisotopic (exact) mass is 418 g/mol. The van der Waals surface area contributed by atoms with Crippen LogP contribution in [0.5, 0.6) is 0 Å². The van der Waals surface area contributed by atoms with Crippen molar-refractivity contribution in [3.63, 3.8) is 0 Å². The Bertz CT molecular complexity index is 861. The fourth-order valence-corrected chi connectivity index (χ4v) is 3.64. The van der Waals surface area contributed by atoms with Crippen LogP contribution >= 0.6 is 11.3 Å². The average Bonchev–Trinajstić information content (AvgIpc) is 3.21. The van der Waals surface area contributed by atoms with E-state index in [1.54, 1.807) is 23.9 Å². The van der Waals surface area contributed by atoms with E-state index in [0.717, 1.165) is 30.6 Å². The highest BCUT2D eigenvalue weighted by Crippen LogP contribution is 2.28. The first kappa shape index (κ1) is 21.6. The van der Waals surface area contributed by atoms with E-state index in [0.29, 0.717) is 30.9 Å². The van der Waals surface area contributed by atoms with E-state index >= 15 is 0 Å². The van der Waals surface area contributed by atoms with Gasteiger partial charge in [0.25, 0.3) is 0 Å². The molecule has 3 rings (SSSR count). The molecule has 6 nitrogen and oxygen atoms in total. The molecule has 1 aromatic carbocycles. The van der Waals surface area contributed by atoms with Crippen molar-refractivity contribution in [3.05, 3.63) is 48.4 Å². The summed E-state index contributed by atoms with van der Waals surface area (Å²) in [7, 11) is 0. The minimum absolute atomic E-state index is 0.0933. The summed E-state index contributed by atoms with van der Waals surface area (Å²) in [6.45, 7) is 8.28. The second-order valence-corrected chi connectivity index (χ2v) is 7.60. The molecule has 1 fully saturated rings. The number of fused-ring (bicyclic) bond motifs is 1. The Morgan fingerprint density at radius 2 is 2.41 bits per heavy atom. The van der Waals surface area contributed by atoms with Crippen LogP contribution in [0.1, 0.15) is 26.2 Å². The maximum absolute atomic E-state index is 14.5. The fraction of sp³-hybridized carbons (Fsp3) is 0.429. The predicted molar refractivity (Wildman–Crippen MR) is 116 cm³/mol. The molecule has 1 unspecified atom stereocenters. The fourth-order valence-electron chi connectivity index (χ4n) is 2.97. The minimum Gasteiger partial charge on any atom is -0.353 e. The number of thiazole rings is 1. The number of ether oxygens (including phenoxy) is 2. The van der Waals surface area contributed by atoms with Crippen LogP contribution in [-0.4, -0.2) is 48.3 Å².